The van der Waals surface area contributed by atoms with Crippen molar-refractivity contribution in [3.63, 3.8) is 0 Å². The van der Waals surface area contributed by atoms with E-state index in [-0.39, 0.29) is 5.25 Å². The van der Waals surface area contributed by atoms with E-state index < -0.39 is 0 Å². The summed E-state index contributed by atoms with van der Waals surface area (Å²) in [4.78, 5) is 11.5. The Labute approximate surface area is 78.6 Å². The fourth-order valence-electron chi connectivity index (χ4n) is 1.32. The van der Waals surface area contributed by atoms with Gasteiger partial charge in [-0.15, -0.1) is 0 Å². The van der Waals surface area contributed by atoms with Crippen LogP contribution in [0.3, 0.4) is 0 Å². The van der Waals surface area contributed by atoms with Gasteiger partial charge in [-0.3, -0.25) is 4.79 Å². The lowest BCUT2D eigenvalue weighted by atomic mass is 10.0. The van der Waals surface area contributed by atoms with E-state index in [1.807, 2.05) is 11.8 Å². The Morgan fingerprint density at radius 3 is 2.92 bits per heavy atom. The molecule has 1 aliphatic rings. The average Bonchev–Trinajstić information content (AvgIpc) is 2.56. The van der Waals surface area contributed by atoms with Crippen LogP contribution >= 0.6 is 11.8 Å². The van der Waals surface area contributed by atoms with Crippen molar-refractivity contribution in [1.82, 2.24) is 0 Å². The van der Waals surface area contributed by atoms with Gasteiger partial charge in [0.05, 0.1) is 5.25 Å². The minimum absolute atomic E-state index is 0.285. The van der Waals surface area contributed by atoms with Crippen molar-refractivity contribution in [2.45, 2.75) is 37.9 Å². The molecule has 68 valence electrons. The minimum atomic E-state index is 0.285. The van der Waals surface area contributed by atoms with E-state index in [0.717, 1.165) is 24.2 Å². The molecule has 0 N–H and O–H groups in total. The second kappa shape index (κ2) is 4.70. The third kappa shape index (κ3) is 2.67. The van der Waals surface area contributed by atoms with Crippen molar-refractivity contribution >= 4 is 17.5 Å². The standard InChI is InChI=1S/C10H16OS/c1-3-8(2)7-9(11)10-5-4-6-12-10/h10H,2-7H2,1H3. The first-order chi connectivity index (χ1) is 5.74. The van der Waals surface area contributed by atoms with Crippen molar-refractivity contribution < 1.29 is 4.79 Å². The number of rotatable bonds is 4. The molecule has 0 radical (unpaired) electrons. The molecule has 0 amide bonds. The van der Waals surface area contributed by atoms with Crippen LogP contribution in [0, 0.1) is 0 Å². The number of carbonyl (C=O) groups excluding carboxylic acids is 1. The zero-order chi connectivity index (χ0) is 8.97. The fourth-order valence-corrected chi connectivity index (χ4v) is 2.54. The quantitative estimate of drug-likeness (QED) is 0.625. The summed E-state index contributed by atoms with van der Waals surface area (Å²) in [5.74, 6) is 1.55. The molecule has 0 saturated carbocycles. The van der Waals surface area contributed by atoms with Crippen LogP contribution in [0.25, 0.3) is 0 Å². The molecule has 1 fully saturated rings. The highest BCUT2D eigenvalue weighted by atomic mass is 32.2. The molecule has 12 heavy (non-hydrogen) atoms. The molecule has 0 aromatic rings. The number of ketones is 1. The largest absolute Gasteiger partial charge is 0.298 e. The number of Topliss-reactive ketones (excluding diaryl/α,β-unsaturated/α-hetero) is 1. The van der Waals surface area contributed by atoms with Gasteiger partial charge in [0.1, 0.15) is 5.78 Å². The van der Waals surface area contributed by atoms with Crippen LogP contribution in [0.5, 0.6) is 0 Å². The lowest BCUT2D eigenvalue weighted by molar-refractivity contribution is -0.117. The molecule has 0 aromatic heterocycles. The topological polar surface area (TPSA) is 17.1 Å². The Bertz CT molecular complexity index is 180. The van der Waals surface area contributed by atoms with Crippen molar-refractivity contribution in [3.05, 3.63) is 12.2 Å². The Balaban J connectivity index is 2.32. The molecule has 1 nitrogen and oxygen atoms in total. The van der Waals surface area contributed by atoms with Crippen molar-refractivity contribution in [2.75, 3.05) is 5.75 Å². The highest BCUT2D eigenvalue weighted by molar-refractivity contribution is 8.00. The molecule has 1 aliphatic heterocycles. The van der Waals surface area contributed by atoms with Crippen LogP contribution in [0.4, 0.5) is 0 Å². The van der Waals surface area contributed by atoms with E-state index in [1.54, 1.807) is 0 Å². The Morgan fingerprint density at radius 1 is 1.67 bits per heavy atom. The van der Waals surface area contributed by atoms with Gasteiger partial charge in [0.2, 0.25) is 0 Å². The van der Waals surface area contributed by atoms with E-state index in [0.29, 0.717) is 12.2 Å². The molecule has 1 heterocycles. The number of carbonyl (C=O) groups is 1. The van der Waals surface area contributed by atoms with Crippen LogP contribution in [-0.4, -0.2) is 16.8 Å². The predicted molar refractivity (Wildman–Crippen MR) is 54.5 cm³/mol. The SMILES string of the molecule is C=C(CC)CC(=O)C1CCCS1. The highest BCUT2D eigenvalue weighted by Crippen LogP contribution is 2.28. The van der Waals surface area contributed by atoms with Crippen LogP contribution in [-0.2, 0) is 4.79 Å². The normalized spacial score (nSPS) is 22.6. The lowest BCUT2D eigenvalue weighted by Crippen LogP contribution is -2.13. The van der Waals surface area contributed by atoms with Crippen LogP contribution in [0.1, 0.15) is 32.6 Å². The third-order valence-corrected chi connectivity index (χ3v) is 3.64. The Kier molecular flexibility index (Phi) is 3.86. The van der Waals surface area contributed by atoms with Gasteiger partial charge in [-0.2, -0.15) is 11.8 Å². The molecule has 1 rings (SSSR count). The van der Waals surface area contributed by atoms with Crippen molar-refractivity contribution in [1.29, 1.82) is 0 Å². The molecule has 0 aromatic carbocycles. The monoisotopic (exact) mass is 184 g/mol. The summed E-state index contributed by atoms with van der Waals surface area (Å²) >= 11 is 1.81. The molecule has 1 saturated heterocycles. The zero-order valence-electron chi connectivity index (χ0n) is 7.64. The fraction of sp³-hybridized carbons (Fsp3) is 0.700. The van der Waals surface area contributed by atoms with Gasteiger partial charge in [0, 0.05) is 6.42 Å². The summed E-state index contributed by atoms with van der Waals surface area (Å²) in [6.07, 6.45) is 3.83. The van der Waals surface area contributed by atoms with E-state index in [4.69, 9.17) is 0 Å². The lowest BCUT2D eigenvalue weighted by Gasteiger charge is -2.07. The number of allylic oxidation sites excluding steroid dienone is 1. The maximum absolute atomic E-state index is 11.5. The minimum Gasteiger partial charge on any atom is -0.298 e. The van der Waals surface area contributed by atoms with Gasteiger partial charge in [0.15, 0.2) is 0 Å². The summed E-state index contributed by atoms with van der Waals surface area (Å²) in [5, 5.41) is 0.285. The van der Waals surface area contributed by atoms with Gasteiger partial charge in [-0.25, -0.2) is 0 Å². The van der Waals surface area contributed by atoms with Gasteiger partial charge >= 0.3 is 0 Å². The molecule has 0 bridgehead atoms. The third-order valence-electron chi connectivity index (χ3n) is 2.21. The van der Waals surface area contributed by atoms with Gasteiger partial charge in [-0.1, -0.05) is 19.1 Å². The molecule has 1 unspecified atom stereocenters. The van der Waals surface area contributed by atoms with Crippen LogP contribution < -0.4 is 0 Å². The molecular formula is C10H16OS. The summed E-state index contributed by atoms with van der Waals surface area (Å²) in [6, 6.07) is 0. The van der Waals surface area contributed by atoms with E-state index in [9.17, 15) is 4.79 Å². The summed E-state index contributed by atoms with van der Waals surface area (Å²) < 4.78 is 0. The Hall–Kier alpha value is -0.240. The number of hydrogen-bond acceptors (Lipinski definition) is 2. The smallest absolute Gasteiger partial charge is 0.149 e. The molecule has 2 heteroatoms. The number of thioether (sulfide) groups is 1. The van der Waals surface area contributed by atoms with Gasteiger partial charge in [-0.05, 0) is 25.0 Å². The highest BCUT2D eigenvalue weighted by Gasteiger charge is 2.22. The van der Waals surface area contributed by atoms with Crippen LogP contribution in [0.15, 0.2) is 12.2 Å². The molecule has 0 aliphatic carbocycles. The zero-order valence-corrected chi connectivity index (χ0v) is 8.45. The Morgan fingerprint density at radius 2 is 2.42 bits per heavy atom. The first-order valence-electron chi connectivity index (χ1n) is 4.55. The first-order valence-corrected chi connectivity index (χ1v) is 5.60. The van der Waals surface area contributed by atoms with Crippen molar-refractivity contribution in [3.8, 4) is 0 Å². The maximum Gasteiger partial charge on any atom is 0.149 e. The van der Waals surface area contributed by atoms with E-state index >= 15 is 0 Å². The van der Waals surface area contributed by atoms with E-state index in [1.165, 1.54) is 6.42 Å². The molecule has 1 atom stereocenters. The molecular weight excluding hydrogens is 168 g/mol. The van der Waals surface area contributed by atoms with Crippen molar-refractivity contribution in [2.24, 2.45) is 0 Å². The molecule has 0 spiro atoms. The summed E-state index contributed by atoms with van der Waals surface area (Å²) in [7, 11) is 0. The van der Waals surface area contributed by atoms with Gasteiger partial charge < -0.3 is 0 Å². The first kappa shape index (κ1) is 9.85. The predicted octanol–water partition coefficient (Wildman–Crippen LogP) is 2.81. The van der Waals surface area contributed by atoms with Crippen LogP contribution in [0.2, 0.25) is 0 Å². The second-order valence-electron chi connectivity index (χ2n) is 3.25. The van der Waals surface area contributed by atoms with Gasteiger partial charge in [0.25, 0.3) is 0 Å². The van der Waals surface area contributed by atoms with E-state index in [2.05, 4.69) is 13.5 Å². The number of hydrogen-bond donors (Lipinski definition) is 0. The average molecular weight is 184 g/mol. The second-order valence-corrected chi connectivity index (χ2v) is 4.56. The summed E-state index contributed by atoms with van der Waals surface area (Å²) in [6.45, 7) is 5.91. The maximum atomic E-state index is 11.5. The summed E-state index contributed by atoms with van der Waals surface area (Å²) in [5.41, 5.74) is 1.08.